The third-order valence-corrected chi connectivity index (χ3v) is 2.13. The average Bonchev–Trinajstić information content (AvgIpc) is 2.31. The van der Waals surface area contributed by atoms with Gasteiger partial charge in [-0.15, -0.1) is 0 Å². The van der Waals surface area contributed by atoms with Gasteiger partial charge in [0.2, 0.25) is 0 Å². The van der Waals surface area contributed by atoms with E-state index in [1.807, 2.05) is 0 Å². The summed E-state index contributed by atoms with van der Waals surface area (Å²) in [6.07, 6.45) is 1.62. The minimum absolute atomic E-state index is 0.387. The fourth-order valence-electron chi connectivity index (χ4n) is 1.01. The summed E-state index contributed by atoms with van der Waals surface area (Å²) in [5.74, 6) is 0.943. The number of aromatic nitrogens is 2. The third-order valence-electron chi connectivity index (χ3n) is 1.47. The van der Waals surface area contributed by atoms with E-state index in [1.165, 1.54) is 0 Å². The van der Waals surface area contributed by atoms with Gasteiger partial charge in [0.15, 0.2) is 12.1 Å². The van der Waals surface area contributed by atoms with Crippen LogP contribution in [0.4, 0.5) is 0 Å². The quantitative estimate of drug-likeness (QED) is 0.810. The summed E-state index contributed by atoms with van der Waals surface area (Å²) in [4.78, 5) is 17.3. The first-order chi connectivity index (χ1) is 5.63. The molecule has 0 bridgehead atoms. The number of aldehydes is 1. The summed E-state index contributed by atoms with van der Waals surface area (Å²) in [5, 5.41) is 0. The van der Waals surface area contributed by atoms with Gasteiger partial charge in [-0.05, 0) is 28.3 Å². The van der Waals surface area contributed by atoms with Crippen molar-refractivity contribution in [1.29, 1.82) is 0 Å². The van der Waals surface area contributed by atoms with Gasteiger partial charge < -0.3 is 4.98 Å². The second-order valence-electron chi connectivity index (χ2n) is 3.11. The maximum atomic E-state index is 10.3. The lowest BCUT2D eigenvalue weighted by atomic mass is 10.1. The molecule has 0 saturated carbocycles. The Kier molecular flexibility index (Phi) is 3.03. The molecule has 0 spiro atoms. The average molecular weight is 231 g/mol. The van der Waals surface area contributed by atoms with E-state index in [-0.39, 0.29) is 0 Å². The molecule has 0 aromatic carbocycles. The van der Waals surface area contributed by atoms with E-state index >= 15 is 0 Å². The molecular weight excluding hydrogens is 220 g/mol. The van der Waals surface area contributed by atoms with E-state index in [1.54, 1.807) is 0 Å². The molecule has 12 heavy (non-hydrogen) atoms. The van der Waals surface area contributed by atoms with E-state index < -0.39 is 0 Å². The maximum absolute atomic E-state index is 10.3. The molecule has 4 heteroatoms. The van der Waals surface area contributed by atoms with Crippen molar-refractivity contribution >= 4 is 22.2 Å². The van der Waals surface area contributed by atoms with E-state index in [0.29, 0.717) is 18.0 Å². The zero-order valence-electron chi connectivity index (χ0n) is 7.10. The summed E-state index contributed by atoms with van der Waals surface area (Å²) in [5.41, 5.74) is 0.993. The van der Waals surface area contributed by atoms with Gasteiger partial charge in [0.05, 0.1) is 0 Å². The van der Waals surface area contributed by atoms with Gasteiger partial charge in [-0.2, -0.15) is 0 Å². The number of carbonyl (C=O) groups excluding carboxylic acids is 1. The fourth-order valence-corrected chi connectivity index (χ4v) is 1.46. The van der Waals surface area contributed by atoms with E-state index in [9.17, 15) is 4.79 Å². The molecule has 0 aliphatic rings. The first kappa shape index (κ1) is 9.45. The van der Waals surface area contributed by atoms with Crippen LogP contribution in [0.15, 0.2) is 4.60 Å². The molecule has 1 rings (SSSR count). The van der Waals surface area contributed by atoms with Crippen molar-refractivity contribution in [2.24, 2.45) is 5.92 Å². The molecule has 66 valence electrons. The molecule has 0 fully saturated rings. The molecular formula is C8H11BrN2O. The third kappa shape index (κ3) is 2.17. The molecule has 1 aromatic heterocycles. The van der Waals surface area contributed by atoms with E-state index in [2.05, 4.69) is 39.7 Å². The molecule has 1 N–H and O–H groups in total. The number of carbonyl (C=O) groups is 1. The number of imidazole rings is 1. The number of halogens is 1. The number of nitrogens with zero attached hydrogens (tertiary/aromatic N) is 1. The van der Waals surface area contributed by atoms with Crippen molar-refractivity contribution in [3.05, 3.63) is 16.1 Å². The molecule has 1 heterocycles. The van der Waals surface area contributed by atoms with Crippen LogP contribution in [0.5, 0.6) is 0 Å². The Balaban J connectivity index is 2.84. The van der Waals surface area contributed by atoms with Gasteiger partial charge >= 0.3 is 0 Å². The van der Waals surface area contributed by atoms with Crippen LogP contribution in [0.25, 0.3) is 0 Å². The van der Waals surface area contributed by atoms with Crippen molar-refractivity contribution < 1.29 is 4.79 Å². The molecule has 0 aliphatic heterocycles. The van der Waals surface area contributed by atoms with Gasteiger partial charge in [-0.3, -0.25) is 4.79 Å². The van der Waals surface area contributed by atoms with Gasteiger partial charge in [0.1, 0.15) is 4.60 Å². The van der Waals surface area contributed by atoms with Crippen LogP contribution in [0.3, 0.4) is 0 Å². The molecule has 0 aliphatic carbocycles. The SMILES string of the molecule is CC(C)Cc1[nH]c(C=O)nc1Br. The van der Waals surface area contributed by atoms with Crippen LogP contribution >= 0.6 is 15.9 Å². The zero-order valence-corrected chi connectivity index (χ0v) is 8.68. The van der Waals surface area contributed by atoms with Crippen LogP contribution in [0.1, 0.15) is 30.2 Å². The first-order valence-corrected chi connectivity index (χ1v) is 4.62. The minimum Gasteiger partial charge on any atom is -0.339 e. The molecule has 0 radical (unpaired) electrons. The topological polar surface area (TPSA) is 45.8 Å². The standard InChI is InChI=1S/C8H11BrN2O/c1-5(2)3-6-8(9)11-7(4-12)10-6/h4-5H,3H2,1-2H3,(H,10,11). The van der Waals surface area contributed by atoms with Crippen molar-refractivity contribution in [1.82, 2.24) is 9.97 Å². The largest absolute Gasteiger partial charge is 0.339 e. The Morgan fingerprint density at radius 3 is 2.75 bits per heavy atom. The van der Waals surface area contributed by atoms with E-state index in [0.717, 1.165) is 16.7 Å². The number of nitrogens with one attached hydrogen (secondary N) is 1. The summed E-state index contributed by atoms with van der Waals surface area (Å²) >= 11 is 3.29. The predicted molar refractivity (Wildman–Crippen MR) is 50.2 cm³/mol. The van der Waals surface area contributed by atoms with Crippen molar-refractivity contribution in [2.45, 2.75) is 20.3 Å². The predicted octanol–water partition coefficient (Wildman–Crippen LogP) is 2.18. The first-order valence-electron chi connectivity index (χ1n) is 3.83. The molecule has 1 aromatic rings. The molecule has 3 nitrogen and oxygen atoms in total. The Morgan fingerprint density at radius 1 is 1.67 bits per heavy atom. The lowest BCUT2D eigenvalue weighted by Gasteiger charge is -2.00. The lowest BCUT2D eigenvalue weighted by molar-refractivity contribution is 0.111. The lowest BCUT2D eigenvalue weighted by Crippen LogP contribution is -1.95. The highest BCUT2D eigenvalue weighted by Gasteiger charge is 2.07. The van der Waals surface area contributed by atoms with Crippen molar-refractivity contribution in [3.8, 4) is 0 Å². The highest BCUT2D eigenvalue weighted by molar-refractivity contribution is 9.10. The molecule has 0 atom stereocenters. The smallest absolute Gasteiger partial charge is 0.185 e. The monoisotopic (exact) mass is 230 g/mol. The van der Waals surface area contributed by atoms with Crippen molar-refractivity contribution in [3.63, 3.8) is 0 Å². The van der Waals surface area contributed by atoms with Crippen LogP contribution in [-0.4, -0.2) is 16.3 Å². The highest BCUT2D eigenvalue weighted by Crippen LogP contribution is 2.16. The van der Waals surface area contributed by atoms with Crippen LogP contribution < -0.4 is 0 Å². The van der Waals surface area contributed by atoms with Gasteiger partial charge in [-0.1, -0.05) is 13.8 Å². The number of hydrogen-bond acceptors (Lipinski definition) is 2. The zero-order chi connectivity index (χ0) is 9.14. The summed E-state index contributed by atoms with van der Waals surface area (Å²) in [6.45, 7) is 4.24. The Hall–Kier alpha value is -0.640. The molecule has 0 amide bonds. The summed E-state index contributed by atoms with van der Waals surface area (Å²) in [6, 6.07) is 0. The van der Waals surface area contributed by atoms with Crippen LogP contribution in [0.2, 0.25) is 0 Å². The normalized spacial score (nSPS) is 10.7. The fraction of sp³-hybridized carbons (Fsp3) is 0.500. The van der Waals surface area contributed by atoms with Gasteiger partial charge in [-0.25, -0.2) is 4.98 Å². The maximum Gasteiger partial charge on any atom is 0.185 e. The highest BCUT2D eigenvalue weighted by atomic mass is 79.9. The second kappa shape index (κ2) is 3.85. The van der Waals surface area contributed by atoms with Gasteiger partial charge in [0.25, 0.3) is 0 Å². The minimum atomic E-state index is 0.387. The summed E-state index contributed by atoms with van der Waals surface area (Å²) in [7, 11) is 0. The Morgan fingerprint density at radius 2 is 2.33 bits per heavy atom. The number of aromatic amines is 1. The molecule has 0 unspecified atom stereocenters. The van der Waals surface area contributed by atoms with Crippen molar-refractivity contribution in [2.75, 3.05) is 0 Å². The van der Waals surface area contributed by atoms with E-state index in [4.69, 9.17) is 0 Å². The Labute approximate surface area is 79.7 Å². The van der Waals surface area contributed by atoms with Crippen LogP contribution in [-0.2, 0) is 6.42 Å². The summed E-state index contributed by atoms with van der Waals surface area (Å²) < 4.78 is 0.748. The van der Waals surface area contributed by atoms with Crippen LogP contribution in [0, 0.1) is 5.92 Å². The Bertz CT molecular complexity index is 281. The number of H-pyrrole nitrogens is 1. The van der Waals surface area contributed by atoms with Gasteiger partial charge in [0, 0.05) is 5.69 Å². The molecule has 0 saturated heterocycles. The number of hydrogen-bond donors (Lipinski definition) is 1. The second-order valence-corrected chi connectivity index (χ2v) is 3.86. The number of rotatable bonds is 3.